The summed E-state index contributed by atoms with van der Waals surface area (Å²) in [7, 11) is 0. The predicted molar refractivity (Wildman–Crippen MR) is 226 cm³/mol. The first-order valence-electron chi connectivity index (χ1n) is 21.3. The van der Waals surface area contributed by atoms with Crippen molar-refractivity contribution >= 4 is 18.6 Å². The Morgan fingerprint density at radius 3 is 1.92 bits per heavy atom. The van der Waals surface area contributed by atoms with Crippen molar-refractivity contribution < 1.29 is 18.3 Å². The molecule has 0 aromatic heterocycles. The summed E-state index contributed by atoms with van der Waals surface area (Å²) in [6, 6.07) is 22.2. The van der Waals surface area contributed by atoms with E-state index in [0.717, 1.165) is 28.3 Å². The molecule has 4 fully saturated rings. The fourth-order valence-electron chi connectivity index (χ4n) is 15.6. The molecule has 8 aliphatic rings. The number of rotatable bonds is 6. The van der Waals surface area contributed by atoms with Crippen molar-refractivity contribution in [1.29, 1.82) is 0 Å². The summed E-state index contributed by atoms with van der Waals surface area (Å²) >= 11 is -4.52. The van der Waals surface area contributed by atoms with Gasteiger partial charge in [0, 0.05) is 0 Å². The molecule has 3 aromatic carbocycles. The zero-order chi connectivity index (χ0) is 37.1. The Labute approximate surface area is 321 Å². The Balaban J connectivity index is 1.14. The van der Waals surface area contributed by atoms with Gasteiger partial charge in [0.2, 0.25) is 0 Å². The minimum absolute atomic E-state index is 0.0964. The normalized spacial score (nSPS) is 30.1. The summed E-state index contributed by atoms with van der Waals surface area (Å²) in [5.74, 6) is 3.42. The third-order valence-electron chi connectivity index (χ3n) is 17.0. The first kappa shape index (κ1) is 34.8. The Hall–Kier alpha value is -2.63. The molecule has 4 bridgehead atoms. The molecule has 1 heteroatoms. The predicted octanol–water partition coefficient (Wildman–Crippen LogP) is 13.3. The molecule has 3 aromatic rings. The third kappa shape index (κ3) is 4.53. The van der Waals surface area contributed by atoms with Crippen molar-refractivity contribution in [2.75, 3.05) is 0 Å². The van der Waals surface area contributed by atoms with Crippen molar-refractivity contribution in [1.82, 2.24) is 0 Å². The van der Waals surface area contributed by atoms with Crippen LogP contribution >= 0.6 is 0 Å². The van der Waals surface area contributed by atoms with Crippen LogP contribution in [0.5, 0.6) is 0 Å². The average molecular weight is 778 g/mol. The van der Waals surface area contributed by atoms with Gasteiger partial charge in [0.1, 0.15) is 0 Å². The second-order valence-electron chi connectivity index (χ2n) is 21.0. The Morgan fingerprint density at radius 1 is 0.736 bits per heavy atom. The summed E-state index contributed by atoms with van der Waals surface area (Å²) < 4.78 is 12.1. The maximum absolute atomic E-state index is 5.88. The van der Waals surface area contributed by atoms with Crippen LogP contribution in [0.25, 0.3) is 22.3 Å². The molecule has 0 saturated heterocycles. The van der Waals surface area contributed by atoms with E-state index in [1.165, 1.54) is 95.0 Å². The molecule has 0 nitrogen and oxygen atoms in total. The SMILES string of the molecule is [CH2]=[Zr]([CH2]C)([C]1=C(C)C(CC23CC4CC(CC(C4)C2)C3)=CC1C)([C]1=C(C)c2cc3c(cc2C1(C)C)Cc1cc2c(cc1-3)C(C)=CC2(C)C)[c]1ccccc1. The molecule has 0 amide bonds. The van der Waals surface area contributed by atoms with Crippen LogP contribution in [-0.4, -0.2) is 4.21 Å². The molecule has 274 valence electrons. The summed E-state index contributed by atoms with van der Waals surface area (Å²) in [4.78, 5) is 0. The van der Waals surface area contributed by atoms with Gasteiger partial charge in [-0.2, -0.15) is 0 Å². The summed E-state index contributed by atoms with van der Waals surface area (Å²) in [5.41, 5.74) is 18.8. The van der Waals surface area contributed by atoms with Crippen molar-refractivity contribution in [3.63, 3.8) is 0 Å². The Morgan fingerprint density at radius 2 is 1.32 bits per heavy atom. The second-order valence-corrected chi connectivity index (χ2v) is 35.0. The van der Waals surface area contributed by atoms with Crippen molar-refractivity contribution in [3.8, 4) is 11.1 Å². The first-order chi connectivity index (χ1) is 25.1. The van der Waals surface area contributed by atoms with E-state index < -0.39 is 18.3 Å². The fraction of sp³-hybridized carbons (Fsp3) is 0.481. The number of allylic oxidation sites excluding steroid dienone is 8. The van der Waals surface area contributed by atoms with Gasteiger partial charge in [-0.1, -0.05) is 0 Å². The summed E-state index contributed by atoms with van der Waals surface area (Å²) in [6.45, 7) is 22.3. The van der Waals surface area contributed by atoms with Gasteiger partial charge in [-0.3, -0.25) is 0 Å². The Kier molecular flexibility index (Phi) is 7.25. The quantitative estimate of drug-likeness (QED) is 0.183. The van der Waals surface area contributed by atoms with Crippen LogP contribution in [0.4, 0.5) is 0 Å². The minimum atomic E-state index is -4.52. The third-order valence-corrected chi connectivity index (χ3v) is 35.7. The van der Waals surface area contributed by atoms with Crippen LogP contribution in [0.1, 0.15) is 141 Å². The standard InChI is InChI=1S/C25H25.C18H25.C6H5.C2H5.CH2.Zr/c1-14-12-24(3,4)22-8-16-7-17-9-23-19(15(2)13-25(23,5)6)11-21(17)20(16)10-18(14)22;1-12-3-13(2)17(4-12)11-18-8-14-5-15(9-18)7-16(6-14)10-18;1-2-4-6-5-3-1;1-2;;/h8-12H,7H2,1-6H3;4,12,14-16H,5-11H2,1-2H3;1-5H;1H2,2H3;1H2;. The van der Waals surface area contributed by atoms with Crippen LogP contribution < -0.4 is 3.27 Å². The molecular formula is C52H62Zr. The van der Waals surface area contributed by atoms with Gasteiger partial charge in [-0.05, 0) is 0 Å². The first-order valence-corrected chi connectivity index (χ1v) is 28.5. The average Bonchev–Trinajstić information content (AvgIpc) is 3.73. The van der Waals surface area contributed by atoms with Gasteiger partial charge in [0.25, 0.3) is 0 Å². The maximum atomic E-state index is 5.88. The van der Waals surface area contributed by atoms with E-state index in [2.05, 4.69) is 129 Å². The van der Waals surface area contributed by atoms with Crippen molar-refractivity contribution in [2.24, 2.45) is 29.1 Å². The molecule has 1 atom stereocenters. The second kappa shape index (κ2) is 11.0. The monoisotopic (exact) mass is 776 g/mol. The number of hydrogen-bond acceptors (Lipinski definition) is 0. The van der Waals surface area contributed by atoms with Crippen molar-refractivity contribution in [2.45, 2.75) is 129 Å². The van der Waals surface area contributed by atoms with E-state index in [-0.39, 0.29) is 10.8 Å². The van der Waals surface area contributed by atoms with Gasteiger partial charge < -0.3 is 0 Å². The number of fused-ring (bicyclic) bond motifs is 5. The van der Waals surface area contributed by atoms with Crippen LogP contribution in [0.15, 0.2) is 84.5 Å². The number of hydrogen-bond donors (Lipinski definition) is 0. The van der Waals surface area contributed by atoms with Gasteiger partial charge >= 0.3 is 324 Å². The van der Waals surface area contributed by atoms with E-state index in [0.29, 0.717) is 11.3 Å². The van der Waals surface area contributed by atoms with Gasteiger partial charge in [-0.25, -0.2) is 0 Å². The van der Waals surface area contributed by atoms with E-state index in [1.807, 2.05) is 0 Å². The molecule has 0 radical (unpaired) electrons. The van der Waals surface area contributed by atoms with E-state index in [9.17, 15) is 0 Å². The molecule has 53 heavy (non-hydrogen) atoms. The topological polar surface area (TPSA) is 0 Å². The summed E-state index contributed by atoms with van der Waals surface area (Å²) in [5, 5.41) is 0. The Bertz CT molecular complexity index is 2310. The molecule has 8 aliphatic carbocycles. The molecule has 0 heterocycles. The molecule has 0 spiro atoms. The molecule has 0 aliphatic heterocycles. The zero-order valence-electron chi connectivity index (χ0n) is 34.2. The van der Waals surface area contributed by atoms with Gasteiger partial charge in [0.15, 0.2) is 0 Å². The van der Waals surface area contributed by atoms with E-state index in [4.69, 9.17) is 4.21 Å². The van der Waals surface area contributed by atoms with E-state index in [1.54, 1.807) is 26.5 Å². The molecule has 1 unspecified atom stereocenters. The molecule has 11 rings (SSSR count). The van der Waals surface area contributed by atoms with E-state index >= 15 is 0 Å². The zero-order valence-corrected chi connectivity index (χ0v) is 36.7. The summed E-state index contributed by atoms with van der Waals surface area (Å²) in [6.07, 6.45) is 16.6. The van der Waals surface area contributed by atoms with Gasteiger partial charge in [-0.15, -0.1) is 0 Å². The van der Waals surface area contributed by atoms with Crippen LogP contribution in [-0.2, 0) is 35.5 Å². The number of benzene rings is 3. The van der Waals surface area contributed by atoms with Crippen LogP contribution in [0.2, 0.25) is 4.13 Å². The van der Waals surface area contributed by atoms with Gasteiger partial charge in [0.05, 0.1) is 0 Å². The molecular weight excluding hydrogens is 716 g/mol. The van der Waals surface area contributed by atoms with Crippen LogP contribution in [0.3, 0.4) is 0 Å². The fourth-order valence-corrected chi connectivity index (χ4v) is 35.1. The molecule has 0 N–H and O–H groups in total. The van der Waals surface area contributed by atoms with Crippen molar-refractivity contribution in [3.05, 3.63) is 118 Å². The molecule has 4 saturated carbocycles. The van der Waals surface area contributed by atoms with Crippen LogP contribution in [0, 0.1) is 29.1 Å².